The molecule has 1 nitrogen and oxygen atoms in total. The number of halogens is 5. The Balaban J connectivity index is 4.74. The van der Waals surface area contributed by atoms with Crippen molar-refractivity contribution >= 4 is 0 Å². The summed E-state index contributed by atoms with van der Waals surface area (Å²) >= 11 is 0. The molecule has 0 aromatic carbocycles. The van der Waals surface area contributed by atoms with Crippen molar-refractivity contribution in [2.24, 2.45) is 5.73 Å². The summed E-state index contributed by atoms with van der Waals surface area (Å²) in [7, 11) is 0. The smallest absolute Gasteiger partial charge is 0.397 e. The molecule has 0 heterocycles. The molecule has 0 atom stereocenters. The Morgan fingerprint density at radius 3 is 1.64 bits per heavy atom. The first kappa shape index (κ1) is 10.2. The first-order chi connectivity index (χ1) is 4.73. The van der Waals surface area contributed by atoms with Gasteiger partial charge in [-0.2, -0.15) is 22.0 Å². The fourth-order valence-electron chi connectivity index (χ4n) is 0.345. The van der Waals surface area contributed by atoms with Gasteiger partial charge in [0.25, 0.3) is 0 Å². The van der Waals surface area contributed by atoms with Crippen LogP contribution in [0.15, 0.2) is 11.8 Å². The molecule has 0 aromatic rings. The standard InChI is InChI=1S/C5H6F5N/c1-2-3(11)4(6,7)5(8,9)10/h2H,11H2,1H3. The molecule has 0 aliphatic carbocycles. The van der Waals surface area contributed by atoms with Crippen LogP contribution in [0, 0.1) is 0 Å². The van der Waals surface area contributed by atoms with E-state index in [0.717, 1.165) is 6.92 Å². The minimum Gasteiger partial charge on any atom is -0.397 e. The summed E-state index contributed by atoms with van der Waals surface area (Å²) in [5.74, 6) is -4.91. The van der Waals surface area contributed by atoms with E-state index in [0.29, 0.717) is 6.08 Å². The van der Waals surface area contributed by atoms with E-state index in [2.05, 4.69) is 5.73 Å². The minimum atomic E-state index is -5.61. The van der Waals surface area contributed by atoms with E-state index >= 15 is 0 Å². The fourth-order valence-corrected chi connectivity index (χ4v) is 0.345. The van der Waals surface area contributed by atoms with Crippen molar-refractivity contribution < 1.29 is 22.0 Å². The fraction of sp³-hybridized carbons (Fsp3) is 0.600. The van der Waals surface area contributed by atoms with E-state index in [4.69, 9.17) is 0 Å². The number of rotatable bonds is 1. The first-order valence-electron chi connectivity index (χ1n) is 2.60. The minimum absolute atomic E-state index is 0.521. The highest BCUT2D eigenvalue weighted by Gasteiger charge is 2.59. The second kappa shape index (κ2) is 2.67. The quantitative estimate of drug-likeness (QED) is 0.606. The SMILES string of the molecule is CC=C(N)C(F)(F)C(F)(F)F. The van der Waals surface area contributed by atoms with Crippen LogP contribution in [-0.2, 0) is 0 Å². The molecule has 66 valence electrons. The highest BCUT2D eigenvalue weighted by Crippen LogP contribution is 2.38. The molecule has 2 N–H and O–H groups in total. The van der Waals surface area contributed by atoms with Crippen molar-refractivity contribution in [2.75, 3.05) is 0 Å². The van der Waals surface area contributed by atoms with Gasteiger partial charge in [-0.25, -0.2) is 0 Å². The molecule has 0 saturated heterocycles. The number of hydrogen-bond donors (Lipinski definition) is 1. The molecule has 0 fully saturated rings. The molecule has 0 amide bonds. The summed E-state index contributed by atoms with van der Waals surface area (Å²) in [5.41, 5.74) is 2.95. The van der Waals surface area contributed by atoms with Gasteiger partial charge in [0, 0.05) is 0 Å². The normalized spacial score (nSPS) is 15.3. The van der Waals surface area contributed by atoms with Gasteiger partial charge in [-0.3, -0.25) is 0 Å². The maximum Gasteiger partial charge on any atom is 0.459 e. The highest BCUT2D eigenvalue weighted by molar-refractivity contribution is 5.10. The van der Waals surface area contributed by atoms with Crippen LogP contribution >= 0.6 is 0 Å². The Kier molecular flexibility index (Phi) is 2.47. The zero-order chi connectivity index (χ0) is 9.28. The Bertz CT molecular complexity index is 168. The molecule has 0 aliphatic heterocycles. The van der Waals surface area contributed by atoms with Gasteiger partial charge in [0.2, 0.25) is 0 Å². The Labute approximate surface area is 59.7 Å². The van der Waals surface area contributed by atoms with Crippen molar-refractivity contribution in [2.45, 2.75) is 19.0 Å². The van der Waals surface area contributed by atoms with Crippen molar-refractivity contribution in [3.63, 3.8) is 0 Å². The first-order valence-corrected chi connectivity index (χ1v) is 2.60. The van der Waals surface area contributed by atoms with Crippen LogP contribution < -0.4 is 5.73 Å². The maximum absolute atomic E-state index is 12.0. The lowest BCUT2D eigenvalue weighted by Gasteiger charge is -2.19. The molecule has 0 spiro atoms. The summed E-state index contributed by atoms with van der Waals surface area (Å²) < 4.78 is 58.2. The molecule has 0 unspecified atom stereocenters. The molecule has 0 bridgehead atoms. The van der Waals surface area contributed by atoms with Gasteiger partial charge in [0.15, 0.2) is 0 Å². The average Bonchev–Trinajstić information content (AvgIpc) is 1.83. The van der Waals surface area contributed by atoms with Crippen LogP contribution in [-0.4, -0.2) is 12.1 Å². The average molecular weight is 175 g/mol. The molecule has 0 saturated carbocycles. The predicted octanol–water partition coefficient (Wildman–Crippen LogP) is 2.05. The summed E-state index contributed by atoms with van der Waals surface area (Å²) in [5, 5.41) is 0. The Morgan fingerprint density at radius 1 is 1.18 bits per heavy atom. The third kappa shape index (κ3) is 1.81. The van der Waals surface area contributed by atoms with Crippen LogP contribution in [0.1, 0.15) is 6.92 Å². The number of alkyl halides is 5. The monoisotopic (exact) mass is 175 g/mol. The second-order valence-electron chi connectivity index (χ2n) is 1.82. The van der Waals surface area contributed by atoms with Crippen molar-refractivity contribution in [1.29, 1.82) is 0 Å². The summed E-state index contributed by atoms with van der Waals surface area (Å²) in [6, 6.07) is 0. The van der Waals surface area contributed by atoms with Crippen LogP contribution in [0.25, 0.3) is 0 Å². The third-order valence-corrected chi connectivity index (χ3v) is 1.03. The van der Waals surface area contributed by atoms with Crippen LogP contribution in [0.3, 0.4) is 0 Å². The van der Waals surface area contributed by atoms with E-state index in [9.17, 15) is 22.0 Å². The lowest BCUT2D eigenvalue weighted by Crippen LogP contribution is -2.41. The third-order valence-electron chi connectivity index (χ3n) is 1.03. The molecule has 0 aliphatic rings. The van der Waals surface area contributed by atoms with E-state index in [1.54, 1.807) is 0 Å². The van der Waals surface area contributed by atoms with Crippen molar-refractivity contribution in [3.05, 3.63) is 11.8 Å². The van der Waals surface area contributed by atoms with Gasteiger partial charge < -0.3 is 5.73 Å². The topological polar surface area (TPSA) is 26.0 Å². The molecule has 6 heteroatoms. The van der Waals surface area contributed by atoms with Crippen LogP contribution in [0.5, 0.6) is 0 Å². The second-order valence-corrected chi connectivity index (χ2v) is 1.82. The van der Waals surface area contributed by atoms with Gasteiger partial charge >= 0.3 is 12.1 Å². The van der Waals surface area contributed by atoms with Gasteiger partial charge in [-0.05, 0) is 6.92 Å². The van der Waals surface area contributed by atoms with Gasteiger partial charge in [-0.15, -0.1) is 0 Å². The van der Waals surface area contributed by atoms with E-state index < -0.39 is 17.8 Å². The van der Waals surface area contributed by atoms with Crippen LogP contribution in [0.2, 0.25) is 0 Å². The summed E-state index contributed by atoms with van der Waals surface area (Å²) in [4.78, 5) is 0. The maximum atomic E-state index is 12.0. The zero-order valence-electron chi connectivity index (χ0n) is 5.54. The van der Waals surface area contributed by atoms with Crippen molar-refractivity contribution in [1.82, 2.24) is 0 Å². The molecule has 0 rings (SSSR count). The zero-order valence-corrected chi connectivity index (χ0v) is 5.54. The van der Waals surface area contributed by atoms with Gasteiger partial charge in [0.1, 0.15) is 0 Å². The number of nitrogens with two attached hydrogens (primary N) is 1. The number of allylic oxidation sites excluding steroid dienone is 2. The van der Waals surface area contributed by atoms with Gasteiger partial charge in [-0.1, -0.05) is 6.08 Å². The molecule has 0 radical (unpaired) electrons. The number of hydrogen-bond acceptors (Lipinski definition) is 1. The molecule has 0 aromatic heterocycles. The highest BCUT2D eigenvalue weighted by atomic mass is 19.4. The Morgan fingerprint density at radius 2 is 1.55 bits per heavy atom. The molecule has 11 heavy (non-hydrogen) atoms. The van der Waals surface area contributed by atoms with Crippen molar-refractivity contribution in [3.8, 4) is 0 Å². The van der Waals surface area contributed by atoms with E-state index in [1.807, 2.05) is 0 Å². The van der Waals surface area contributed by atoms with E-state index in [1.165, 1.54) is 0 Å². The predicted molar refractivity (Wildman–Crippen MR) is 28.9 cm³/mol. The molecular formula is C5H6F5N. The molecular weight excluding hydrogens is 169 g/mol. The van der Waals surface area contributed by atoms with Crippen LogP contribution in [0.4, 0.5) is 22.0 Å². The summed E-state index contributed by atoms with van der Waals surface area (Å²) in [6.07, 6.45) is -5.09. The Hall–Kier alpha value is -0.810. The summed E-state index contributed by atoms with van der Waals surface area (Å²) in [6.45, 7) is 1.01. The van der Waals surface area contributed by atoms with E-state index in [-0.39, 0.29) is 0 Å². The lowest BCUT2D eigenvalue weighted by molar-refractivity contribution is -0.264. The lowest BCUT2D eigenvalue weighted by atomic mass is 10.2. The largest absolute Gasteiger partial charge is 0.459 e. The van der Waals surface area contributed by atoms with Gasteiger partial charge in [0.05, 0.1) is 5.70 Å².